The molecule has 2 aromatic carbocycles. The van der Waals surface area contributed by atoms with Gasteiger partial charge in [0, 0.05) is 39.9 Å². The van der Waals surface area contributed by atoms with Crippen LogP contribution in [0.3, 0.4) is 0 Å². The van der Waals surface area contributed by atoms with Crippen LogP contribution in [0.1, 0.15) is 50.9 Å². The normalized spacial score (nSPS) is 16.0. The number of pyridine rings is 3. The Kier molecular flexibility index (Phi) is 9.26. The molecule has 0 saturated carbocycles. The Morgan fingerprint density at radius 1 is 0.860 bits per heavy atom. The van der Waals surface area contributed by atoms with Gasteiger partial charge in [-0.25, -0.2) is 19.9 Å². The maximum Gasteiger partial charge on any atom is 0.160 e. The molecular formula is C43H35N7. The Labute approximate surface area is 291 Å². The van der Waals surface area contributed by atoms with Crippen LogP contribution in [0.25, 0.3) is 61.1 Å². The number of allylic oxidation sites excluding steroid dienone is 7. The fraction of sp³-hybridized carbons (Fsp3) is 0.140. The quantitative estimate of drug-likeness (QED) is 0.137. The van der Waals surface area contributed by atoms with E-state index in [1.54, 1.807) is 18.6 Å². The number of terminal acetylenes is 1. The van der Waals surface area contributed by atoms with E-state index in [2.05, 4.69) is 70.5 Å². The molecule has 0 N–H and O–H groups in total. The molecule has 4 aromatic heterocycles. The van der Waals surface area contributed by atoms with Crippen LogP contribution in [0, 0.1) is 12.3 Å². The second-order valence-electron chi connectivity index (χ2n) is 11.5. The van der Waals surface area contributed by atoms with Crippen LogP contribution in [-0.4, -0.2) is 36.8 Å². The molecule has 0 radical (unpaired) electrons. The van der Waals surface area contributed by atoms with E-state index in [9.17, 15) is 0 Å². The first kappa shape index (κ1) is 32.2. The van der Waals surface area contributed by atoms with Gasteiger partial charge in [0.1, 0.15) is 11.6 Å². The minimum Gasteiger partial charge on any atom is -0.262 e. The van der Waals surface area contributed by atoms with Crippen molar-refractivity contribution in [2.24, 2.45) is 9.98 Å². The van der Waals surface area contributed by atoms with Crippen LogP contribution in [0.5, 0.6) is 0 Å². The molecule has 2 aliphatic rings. The van der Waals surface area contributed by atoms with E-state index < -0.39 is 6.04 Å². The summed E-state index contributed by atoms with van der Waals surface area (Å²) in [5.74, 6) is 3.56. The van der Waals surface area contributed by atoms with Gasteiger partial charge in [-0.2, -0.15) is 0 Å². The van der Waals surface area contributed by atoms with Gasteiger partial charge in [-0.05, 0) is 61.8 Å². The van der Waals surface area contributed by atoms with Crippen molar-refractivity contribution >= 4 is 50.3 Å². The van der Waals surface area contributed by atoms with Crippen molar-refractivity contribution in [1.29, 1.82) is 0 Å². The smallest absolute Gasteiger partial charge is 0.160 e. The van der Waals surface area contributed by atoms with Gasteiger partial charge < -0.3 is 0 Å². The standard InChI is InChI=1S/C41H29N7.C2H6/c1-3-32(45-34-17-11-21-42-33(34)4-2)30-23-36(26-13-7-5-8-14-26)46-39-28(30)19-20-29-31(41-44-25-38-35(48-41)18-12-22-43-38)24-37(47-40(29)39)27-15-9-6-10-16-27;1-2/h1,4-9,11-15,17-25,32H,10,16H2,2H3;1-2H3/b33-4+,45-34?;/t32-;/m0./s1. The van der Waals surface area contributed by atoms with Gasteiger partial charge in [0.25, 0.3) is 0 Å². The first-order valence-electron chi connectivity index (χ1n) is 16.9. The molecule has 8 rings (SSSR count). The largest absolute Gasteiger partial charge is 0.262 e. The molecule has 0 amide bonds. The number of aromatic nitrogens is 5. The Bertz CT molecular complexity index is 2480. The summed E-state index contributed by atoms with van der Waals surface area (Å²) in [5.41, 5.74) is 10.1. The minimum atomic E-state index is -0.594. The maximum absolute atomic E-state index is 6.26. The number of hydrogen-bond acceptors (Lipinski definition) is 7. The lowest BCUT2D eigenvalue weighted by Crippen LogP contribution is -2.06. The maximum atomic E-state index is 6.26. The van der Waals surface area contributed by atoms with Crippen molar-refractivity contribution in [3.8, 4) is 35.0 Å². The van der Waals surface area contributed by atoms with Gasteiger partial charge in [0.2, 0.25) is 0 Å². The molecule has 0 unspecified atom stereocenters. The molecule has 0 bridgehead atoms. The monoisotopic (exact) mass is 649 g/mol. The molecule has 242 valence electrons. The molecule has 1 aliphatic heterocycles. The van der Waals surface area contributed by atoms with E-state index in [1.807, 2.05) is 69.3 Å². The predicted octanol–water partition coefficient (Wildman–Crippen LogP) is 9.87. The third-order valence-electron chi connectivity index (χ3n) is 8.61. The molecular weight excluding hydrogens is 615 g/mol. The molecule has 0 saturated heterocycles. The predicted molar refractivity (Wildman–Crippen MR) is 207 cm³/mol. The summed E-state index contributed by atoms with van der Waals surface area (Å²) in [4.78, 5) is 34.3. The Balaban J connectivity index is 0.00000193. The first-order chi connectivity index (χ1) is 24.7. The Morgan fingerprint density at radius 2 is 1.68 bits per heavy atom. The Morgan fingerprint density at radius 3 is 2.48 bits per heavy atom. The zero-order valence-corrected chi connectivity index (χ0v) is 28.2. The lowest BCUT2D eigenvalue weighted by Gasteiger charge is -2.18. The van der Waals surface area contributed by atoms with E-state index >= 15 is 0 Å². The van der Waals surface area contributed by atoms with E-state index in [0.717, 1.165) is 90.7 Å². The van der Waals surface area contributed by atoms with Crippen LogP contribution >= 0.6 is 0 Å². The summed E-state index contributed by atoms with van der Waals surface area (Å²) < 4.78 is 0. The van der Waals surface area contributed by atoms with Gasteiger partial charge in [-0.1, -0.05) is 86.5 Å². The van der Waals surface area contributed by atoms with Crippen molar-refractivity contribution in [3.05, 3.63) is 133 Å². The first-order valence-corrected chi connectivity index (χ1v) is 16.9. The van der Waals surface area contributed by atoms with Crippen LogP contribution in [0.15, 0.2) is 131 Å². The summed E-state index contributed by atoms with van der Waals surface area (Å²) in [5, 5.41) is 1.78. The fourth-order valence-corrected chi connectivity index (χ4v) is 6.22. The highest BCUT2D eigenvalue weighted by molar-refractivity contribution is 6.13. The van der Waals surface area contributed by atoms with E-state index in [4.69, 9.17) is 31.4 Å². The third-order valence-corrected chi connectivity index (χ3v) is 8.61. The van der Waals surface area contributed by atoms with E-state index in [0.29, 0.717) is 5.82 Å². The Hall–Kier alpha value is -6.39. The number of nitrogens with zero attached hydrogens (tertiary/aromatic N) is 7. The summed E-state index contributed by atoms with van der Waals surface area (Å²) in [6.07, 6.45) is 25.5. The number of rotatable bonds is 5. The topological polar surface area (TPSA) is 89.2 Å². The van der Waals surface area contributed by atoms with Gasteiger partial charge in [-0.15, -0.1) is 6.42 Å². The van der Waals surface area contributed by atoms with Crippen LogP contribution in [-0.2, 0) is 0 Å². The molecule has 7 heteroatoms. The summed E-state index contributed by atoms with van der Waals surface area (Å²) in [7, 11) is 0. The van der Waals surface area contributed by atoms with Crippen molar-refractivity contribution in [2.75, 3.05) is 0 Å². The number of fused-ring (bicyclic) bond motifs is 4. The average Bonchev–Trinajstić information content (AvgIpc) is 3.20. The molecule has 5 heterocycles. The lowest BCUT2D eigenvalue weighted by atomic mass is 9.94. The van der Waals surface area contributed by atoms with Gasteiger partial charge >= 0.3 is 0 Å². The zero-order chi connectivity index (χ0) is 34.5. The SMILES string of the molecule is C#C[C@H](N=C1C=CC=N/C1=C/C)c1cc(-c2ccccc2)nc2c1ccc1c(-c3ncc4ncccc4n3)cc(C3=CC=CCC3)nc12.CC. The molecule has 1 aliphatic carbocycles. The highest BCUT2D eigenvalue weighted by Crippen LogP contribution is 2.38. The van der Waals surface area contributed by atoms with E-state index in [-0.39, 0.29) is 0 Å². The molecule has 1 atom stereocenters. The van der Waals surface area contributed by atoms with Crippen LogP contribution < -0.4 is 0 Å². The second kappa shape index (κ2) is 14.4. The summed E-state index contributed by atoms with van der Waals surface area (Å²) in [6.45, 7) is 5.95. The van der Waals surface area contributed by atoms with Gasteiger partial charge in [0.05, 0.1) is 45.5 Å². The number of dihydropyridines is 1. The van der Waals surface area contributed by atoms with Crippen LogP contribution in [0.2, 0.25) is 0 Å². The van der Waals surface area contributed by atoms with Gasteiger partial charge in [-0.3, -0.25) is 15.0 Å². The molecule has 0 spiro atoms. The molecule has 0 fully saturated rings. The third kappa shape index (κ3) is 6.15. The highest BCUT2D eigenvalue weighted by atomic mass is 14.9. The fourth-order valence-electron chi connectivity index (χ4n) is 6.22. The summed E-state index contributed by atoms with van der Waals surface area (Å²) in [6, 6.07) is 21.7. The van der Waals surface area contributed by atoms with Gasteiger partial charge in [0.15, 0.2) is 5.82 Å². The van der Waals surface area contributed by atoms with Crippen molar-refractivity contribution < 1.29 is 0 Å². The van der Waals surface area contributed by atoms with Crippen molar-refractivity contribution in [2.45, 2.75) is 39.7 Å². The lowest BCUT2D eigenvalue weighted by molar-refractivity contribution is 0.955. The summed E-state index contributed by atoms with van der Waals surface area (Å²) >= 11 is 0. The average molecular weight is 650 g/mol. The van der Waals surface area contributed by atoms with Crippen LogP contribution in [0.4, 0.5) is 0 Å². The van der Waals surface area contributed by atoms with E-state index in [1.165, 1.54) is 0 Å². The molecule has 50 heavy (non-hydrogen) atoms. The molecule has 6 aromatic rings. The van der Waals surface area contributed by atoms with Crippen molar-refractivity contribution in [1.82, 2.24) is 24.9 Å². The number of hydrogen-bond donors (Lipinski definition) is 0. The second-order valence-corrected chi connectivity index (χ2v) is 11.5. The minimum absolute atomic E-state index is 0.594. The zero-order valence-electron chi connectivity index (χ0n) is 28.2. The van der Waals surface area contributed by atoms with Crippen molar-refractivity contribution in [3.63, 3.8) is 0 Å². The number of aliphatic imine (C=N–C) groups is 2. The highest BCUT2D eigenvalue weighted by Gasteiger charge is 2.21. The number of benzene rings is 2. The molecule has 7 nitrogen and oxygen atoms in total.